The molecule has 0 aliphatic rings. The Hall–Kier alpha value is 0.780. The van der Waals surface area contributed by atoms with Gasteiger partial charge >= 0.3 is 0 Å². The zero-order valence-corrected chi connectivity index (χ0v) is 17.8. The summed E-state index contributed by atoms with van der Waals surface area (Å²) in [6, 6.07) is 11.8. The topological polar surface area (TPSA) is 52.0 Å². The Labute approximate surface area is 162 Å². The lowest BCUT2D eigenvalue weighted by Gasteiger charge is -2.22. The van der Waals surface area contributed by atoms with Gasteiger partial charge in [-0.15, -0.1) is 0 Å². The first-order chi connectivity index (χ1) is 9.36. The number of hydrogen-bond donors (Lipinski definition) is 2. The lowest BCUT2D eigenvalue weighted by atomic mass is 9.95. The zero-order valence-electron chi connectivity index (χ0n) is 10.3. The van der Waals surface area contributed by atoms with E-state index in [1.165, 1.54) is 0 Å². The summed E-state index contributed by atoms with van der Waals surface area (Å²) >= 11 is 11.6. The molecule has 0 heterocycles. The SMILES string of the molecule is NC(c1cc(Br)cc(I)c1)C(N)c1cc(Br)cc(I)c1. The quantitative estimate of drug-likeness (QED) is 0.468. The van der Waals surface area contributed by atoms with E-state index in [9.17, 15) is 0 Å². The summed E-state index contributed by atoms with van der Waals surface area (Å²) in [6.45, 7) is 0. The molecule has 0 aromatic heterocycles. The van der Waals surface area contributed by atoms with E-state index in [0.717, 1.165) is 27.2 Å². The summed E-state index contributed by atoms with van der Waals surface area (Å²) in [5.41, 5.74) is 14.8. The molecule has 0 fully saturated rings. The molecule has 2 unspecified atom stereocenters. The molecule has 0 saturated carbocycles. The minimum absolute atomic E-state index is 0.244. The highest BCUT2D eigenvalue weighted by molar-refractivity contribution is 14.1. The predicted octanol–water partition coefficient (Wildman–Crippen LogP) is 5.12. The number of halogens is 4. The van der Waals surface area contributed by atoms with E-state index < -0.39 is 0 Å². The minimum atomic E-state index is -0.244. The van der Waals surface area contributed by atoms with Crippen molar-refractivity contribution in [3.05, 3.63) is 63.6 Å². The molecule has 2 nitrogen and oxygen atoms in total. The van der Waals surface area contributed by atoms with Gasteiger partial charge in [0, 0.05) is 28.2 Å². The maximum Gasteiger partial charge on any atom is 0.0491 e. The van der Waals surface area contributed by atoms with E-state index in [4.69, 9.17) is 11.5 Å². The molecule has 2 aromatic rings. The van der Waals surface area contributed by atoms with Gasteiger partial charge in [0.1, 0.15) is 0 Å². The molecule has 2 atom stereocenters. The Morgan fingerprint density at radius 2 is 1.05 bits per heavy atom. The van der Waals surface area contributed by atoms with Crippen LogP contribution in [0.15, 0.2) is 45.3 Å². The molecule has 6 heteroatoms. The van der Waals surface area contributed by atoms with Gasteiger partial charge in [0.05, 0.1) is 0 Å². The normalized spacial score (nSPS) is 14.1. The molecule has 2 rings (SSSR count). The third-order valence-corrected chi connectivity index (χ3v) is 5.09. The van der Waals surface area contributed by atoms with E-state index >= 15 is 0 Å². The predicted molar refractivity (Wildman–Crippen MR) is 108 cm³/mol. The zero-order chi connectivity index (χ0) is 14.9. The van der Waals surface area contributed by atoms with Gasteiger partial charge in [0.2, 0.25) is 0 Å². The van der Waals surface area contributed by atoms with Crippen LogP contribution < -0.4 is 11.5 Å². The van der Waals surface area contributed by atoms with Crippen LogP contribution in [0.4, 0.5) is 0 Å². The van der Waals surface area contributed by atoms with Gasteiger partial charge < -0.3 is 11.5 Å². The third-order valence-electron chi connectivity index (χ3n) is 2.93. The van der Waals surface area contributed by atoms with Crippen molar-refractivity contribution in [2.75, 3.05) is 0 Å². The minimum Gasteiger partial charge on any atom is -0.322 e. The first-order valence-corrected chi connectivity index (χ1v) is 9.54. The lowest BCUT2D eigenvalue weighted by Crippen LogP contribution is -2.26. The van der Waals surface area contributed by atoms with E-state index in [-0.39, 0.29) is 12.1 Å². The lowest BCUT2D eigenvalue weighted by molar-refractivity contribution is 0.573. The van der Waals surface area contributed by atoms with Crippen molar-refractivity contribution >= 4 is 77.0 Å². The van der Waals surface area contributed by atoms with Gasteiger partial charge in [0.15, 0.2) is 0 Å². The van der Waals surface area contributed by atoms with E-state index in [1.54, 1.807) is 0 Å². The summed E-state index contributed by atoms with van der Waals surface area (Å²) in [5.74, 6) is 0. The van der Waals surface area contributed by atoms with Crippen molar-refractivity contribution in [3.63, 3.8) is 0 Å². The molecular weight excluding hydrogens is 610 g/mol. The average Bonchev–Trinajstić information content (AvgIpc) is 2.34. The van der Waals surface area contributed by atoms with Gasteiger partial charge in [0.25, 0.3) is 0 Å². The Morgan fingerprint density at radius 1 is 0.700 bits per heavy atom. The molecule has 0 spiro atoms. The molecule has 0 aliphatic carbocycles. The van der Waals surface area contributed by atoms with Crippen LogP contribution in [0.1, 0.15) is 23.2 Å². The van der Waals surface area contributed by atoms with Crippen LogP contribution in [-0.2, 0) is 0 Å². The Bertz CT molecular complexity index is 539. The highest BCUT2D eigenvalue weighted by Crippen LogP contribution is 2.30. The molecule has 0 saturated heterocycles. The third kappa shape index (κ3) is 4.39. The fraction of sp³-hybridized carbons (Fsp3) is 0.143. The average molecular weight is 622 g/mol. The van der Waals surface area contributed by atoms with Gasteiger partial charge in [-0.1, -0.05) is 31.9 Å². The van der Waals surface area contributed by atoms with Crippen molar-refractivity contribution in [1.29, 1.82) is 0 Å². The van der Waals surface area contributed by atoms with Crippen molar-refractivity contribution < 1.29 is 0 Å². The molecule has 0 bridgehead atoms. The summed E-state index contributed by atoms with van der Waals surface area (Å²) in [6.07, 6.45) is 0. The molecular formula is C14H12Br2I2N2. The molecule has 0 amide bonds. The Balaban J connectivity index is 2.34. The monoisotopic (exact) mass is 620 g/mol. The fourth-order valence-corrected chi connectivity index (χ4v) is 5.22. The van der Waals surface area contributed by atoms with E-state index in [1.807, 2.05) is 24.3 Å². The van der Waals surface area contributed by atoms with E-state index in [2.05, 4.69) is 89.2 Å². The maximum absolute atomic E-state index is 6.34. The molecule has 0 radical (unpaired) electrons. The van der Waals surface area contributed by atoms with E-state index in [0.29, 0.717) is 0 Å². The van der Waals surface area contributed by atoms with Crippen LogP contribution in [0.5, 0.6) is 0 Å². The molecule has 106 valence electrons. The van der Waals surface area contributed by atoms with Crippen LogP contribution in [0.2, 0.25) is 0 Å². The Kier molecular flexibility index (Phi) is 6.31. The van der Waals surface area contributed by atoms with Crippen LogP contribution >= 0.6 is 77.0 Å². The fourth-order valence-electron chi connectivity index (χ4n) is 1.95. The summed E-state index contributed by atoms with van der Waals surface area (Å²) in [5, 5.41) is 0. The van der Waals surface area contributed by atoms with Crippen LogP contribution in [0, 0.1) is 7.14 Å². The summed E-state index contributed by atoms with van der Waals surface area (Å²) in [4.78, 5) is 0. The Morgan fingerprint density at radius 3 is 1.35 bits per heavy atom. The first-order valence-electron chi connectivity index (χ1n) is 5.80. The highest BCUT2D eigenvalue weighted by Gasteiger charge is 2.19. The number of hydrogen-bond acceptors (Lipinski definition) is 2. The maximum atomic E-state index is 6.34. The van der Waals surface area contributed by atoms with Crippen LogP contribution in [0.25, 0.3) is 0 Å². The van der Waals surface area contributed by atoms with Gasteiger partial charge in [-0.05, 0) is 92.7 Å². The molecule has 0 aliphatic heterocycles. The number of nitrogens with two attached hydrogens (primary N) is 2. The largest absolute Gasteiger partial charge is 0.322 e. The smallest absolute Gasteiger partial charge is 0.0491 e. The van der Waals surface area contributed by atoms with Gasteiger partial charge in [-0.2, -0.15) is 0 Å². The van der Waals surface area contributed by atoms with Crippen molar-refractivity contribution in [1.82, 2.24) is 0 Å². The van der Waals surface area contributed by atoms with Crippen LogP contribution in [0.3, 0.4) is 0 Å². The number of rotatable bonds is 3. The second kappa shape index (κ2) is 7.36. The molecule has 2 aromatic carbocycles. The van der Waals surface area contributed by atoms with Gasteiger partial charge in [-0.3, -0.25) is 0 Å². The van der Waals surface area contributed by atoms with Crippen molar-refractivity contribution in [2.45, 2.75) is 12.1 Å². The van der Waals surface area contributed by atoms with Gasteiger partial charge in [-0.25, -0.2) is 0 Å². The van der Waals surface area contributed by atoms with Crippen molar-refractivity contribution in [3.8, 4) is 0 Å². The molecule has 20 heavy (non-hydrogen) atoms. The highest BCUT2D eigenvalue weighted by atomic mass is 127. The molecule has 4 N–H and O–H groups in total. The number of benzene rings is 2. The standard InChI is InChI=1S/C14H12Br2I2N2/c15-9-1-7(3-11(17)5-9)13(19)14(20)8-2-10(16)6-12(18)4-8/h1-6,13-14H,19-20H2. The second-order valence-electron chi connectivity index (χ2n) is 4.46. The van der Waals surface area contributed by atoms with Crippen molar-refractivity contribution in [2.24, 2.45) is 11.5 Å². The first kappa shape index (κ1) is 17.1. The van der Waals surface area contributed by atoms with Crippen LogP contribution in [-0.4, -0.2) is 0 Å². The summed E-state index contributed by atoms with van der Waals surface area (Å²) < 4.78 is 4.31. The summed E-state index contributed by atoms with van der Waals surface area (Å²) in [7, 11) is 0. The second-order valence-corrected chi connectivity index (χ2v) is 8.78.